The molecule has 1 aliphatic rings. The molecule has 0 saturated carbocycles. The molecular formula is C23H23BrClN5O2S. The largest absolute Gasteiger partial charge is 0.349 e. The summed E-state index contributed by atoms with van der Waals surface area (Å²) >= 11 is 10.9. The molecule has 33 heavy (non-hydrogen) atoms. The van der Waals surface area contributed by atoms with Crippen molar-refractivity contribution in [3.63, 3.8) is 0 Å². The van der Waals surface area contributed by atoms with Crippen molar-refractivity contribution in [3.05, 3.63) is 68.1 Å². The number of hydrogen-bond acceptors (Lipinski definition) is 6. The van der Waals surface area contributed by atoms with Crippen LogP contribution >= 0.6 is 38.9 Å². The van der Waals surface area contributed by atoms with E-state index in [1.807, 2.05) is 25.1 Å². The summed E-state index contributed by atoms with van der Waals surface area (Å²) in [6.07, 6.45) is 3.35. The number of piperidine rings is 1. The number of anilines is 3. The highest BCUT2D eigenvalue weighted by Crippen LogP contribution is 2.29. The summed E-state index contributed by atoms with van der Waals surface area (Å²) in [5.74, 6) is -0.395. The second-order valence-corrected chi connectivity index (χ2v) is 10.1. The minimum absolute atomic E-state index is 0.111. The smallest absolute Gasteiger partial charge is 0.267 e. The van der Waals surface area contributed by atoms with Crippen molar-refractivity contribution in [2.24, 2.45) is 0 Å². The molecule has 1 aliphatic heterocycles. The fourth-order valence-electron chi connectivity index (χ4n) is 3.55. The monoisotopic (exact) mass is 547 g/mol. The molecule has 4 rings (SSSR count). The number of nitrogens with one attached hydrogen (secondary N) is 4. The Kier molecular flexibility index (Phi) is 7.64. The van der Waals surface area contributed by atoms with Gasteiger partial charge < -0.3 is 21.3 Å². The molecule has 10 heteroatoms. The summed E-state index contributed by atoms with van der Waals surface area (Å²) in [5.41, 5.74) is 2.71. The summed E-state index contributed by atoms with van der Waals surface area (Å²) in [6.45, 7) is 3.70. The zero-order chi connectivity index (χ0) is 23.4. The number of benzene rings is 2. The topological polar surface area (TPSA) is 95.2 Å². The third-order valence-corrected chi connectivity index (χ3v) is 6.96. The molecule has 0 bridgehead atoms. The Labute approximate surface area is 209 Å². The normalized spacial score (nSPS) is 14.0. The maximum atomic E-state index is 12.7. The fraction of sp³-hybridized carbons (Fsp3) is 0.261. The van der Waals surface area contributed by atoms with Crippen molar-refractivity contribution < 1.29 is 9.59 Å². The van der Waals surface area contributed by atoms with E-state index >= 15 is 0 Å². The zero-order valence-electron chi connectivity index (χ0n) is 17.9. The number of nitrogens with zero attached hydrogens (tertiary/aromatic N) is 1. The molecule has 4 N–H and O–H groups in total. The molecule has 2 amide bonds. The number of hydrogen-bond donors (Lipinski definition) is 4. The minimum Gasteiger partial charge on any atom is -0.349 e. The van der Waals surface area contributed by atoms with E-state index in [-0.39, 0.29) is 17.9 Å². The van der Waals surface area contributed by atoms with Gasteiger partial charge in [-0.1, -0.05) is 51.0 Å². The van der Waals surface area contributed by atoms with E-state index in [0.717, 1.165) is 36.0 Å². The molecule has 1 aromatic heterocycles. The third kappa shape index (κ3) is 6.11. The number of aryl methyl sites for hydroxylation is 1. The average Bonchev–Trinajstić information content (AvgIpc) is 3.25. The quantitative estimate of drug-likeness (QED) is 0.333. The Morgan fingerprint density at radius 2 is 1.97 bits per heavy atom. The first-order valence-electron chi connectivity index (χ1n) is 10.5. The van der Waals surface area contributed by atoms with E-state index in [9.17, 15) is 9.59 Å². The van der Waals surface area contributed by atoms with Crippen LogP contribution in [0.2, 0.25) is 5.02 Å². The average molecular weight is 549 g/mol. The van der Waals surface area contributed by atoms with Gasteiger partial charge in [0.15, 0.2) is 5.13 Å². The Morgan fingerprint density at radius 3 is 2.73 bits per heavy atom. The Morgan fingerprint density at radius 1 is 1.18 bits per heavy atom. The summed E-state index contributed by atoms with van der Waals surface area (Å²) in [6, 6.07) is 11.0. The van der Waals surface area contributed by atoms with Gasteiger partial charge in [0.25, 0.3) is 11.8 Å². The van der Waals surface area contributed by atoms with E-state index < -0.39 is 0 Å². The molecule has 0 spiro atoms. The van der Waals surface area contributed by atoms with Gasteiger partial charge in [-0.25, -0.2) is 4.98 Å². The molecule has 0 unspecified atom stereocenters. The molecule has 0 aliphatic carbocycles. The van der Waals surface area contributed by atoms with Crippen LogP contribution in [0.25, 0.3) is 0 Å². The van der Waals surface area contributed by atoms with Gasteiger partial charge in [-0.15, -0.1) is 0 Å². The van der Waals surface area contributed by atoms with Gasteiger partial charge in [-0.2, -0.15) is 0 Å². The lowest BCUT2D eigenvalue weighted by molar-refractivity contribution is 0.0929. The number of halogens is 2. The van der Waals surface area contributed by atoms with Gasteiger partial charge in [0.1, 0.15) is 4.88 Å². The second-order valence-electron chi connectivity index (χ2n) is 7.77. The zero-order valence-corrected chi connectivity index (χ0v) is 21.0. The number of para-hydroxylation sites is 1. The lowest BCUT2D eigenvalue weighted by Crippen LogP contribution is -2.42. The molecule has 0 atom stereocenters. The van der Waals surface area contributed by atoms with Crippen LogP contribution in [0.15, 0.2) is 47.1 Å². The summed E-state index contributed by atoms with van der Waals surface area (Å²) in [5, 5.41) is 13.5. The van der Waals surface area contributed by atoms with E-state index in [4.69, 9.17) is 11.6 Å². The number of carbonyl (C=O) groups excluding carboxylic acids is 2. The van der Waals surface area contributed by atoms with E-state index in [1.165, 1.54) is 17.5 Å². The summed E-state index contributed by atoms with van der Waals surface area (Å²) in [4.78, 5) is 30.2. The first-order valence-corrected chi connectivity index (χ1v) is 12.5. The Hall–Kier alpha value is -2.46. The molecule has 3 aromatic rings. The van der Waals surface area contributed by atoms with Crippen molar-refractivity contribution >= 4 is 67.2 Å². The lowest BCUT2D eigenvalue weighted by atomic mass is 10.1. The van der Waals surface area contributed by atoms with Gasteiger partial charge in [-0.05, 0) is 62.7 Å². The molecule has 2 aromatic carbocycles. The molecule has 172 valence electrons. The van der Waals surface area contributed by atoms with Crippen LogP contribution in [-0.2, 0) is 0 Å². The maximum Gasteiger partial charge on any atom is 0.267 e. The number of carbonyl (C=O) groups is 2. The number of aromatic nitrogens is 1. The van der Waals surface area contributed by atoms with Crippen molar-refractivity contribution in [1.29, 1.82) is 0 Å². The standard InChI is InChI=1S/C23H23BrClN5O2S/c1-13-3-2-4-18(25)20(13)30-22(32)19-12-27-23(33-19)29-17-10-14(9-15(24)11-17)21(31)28-16-5-7-26-8-6-16/h2-4,9-12,16,26H,5-8H2,1H3,(H,27,29)(H,28,31)(H,30,32). The molecule has 0 radical (unpaired) electrons. The van der Waals surface area contributed by atoms with Crippen molar-refractivity contribution in [2.75, 3.05) is 23.7 Å². The highest BCUT2D eigenvalue weighted by atomic mass is 79.9. The first kappa shape index (κ1) is 23.7. The molecule has 2 heterocycles. The first-order chi connectivity index (χ1) is 15.9. The highest BCUT2D eigenvalue weighted by molar-refractivity contribution is 9.10. The van der Waals surface area contributed by atoms with E-state index in [2.05, 4.69) is 42.2 Å². The van der Waals surface area contributed by atoms with Crippen molar-refractivity contribution in [2.45, 2.75) is 25.8 Å². The predicted octanol–water partition coefficient (Wildman–Crippen LogP) is 5.35. The van der Waals surface area contributed by atoms with Crippen molar-refractivity contribution in [1.82, 2.24) is 15.6 Å². The number of amides is 2. The van der Waals surface area contributed by atoms with Gasteiger partial charge in [0, 0.05) is 21.8 Å². The fourth-order valence-corrected chi connectivity index (χ4v) is 5.05. The van der Waals surface area contributed by atoms with Crippen molar-refractivity contribution in [3.8, 4) is 0 Å². The lowest BCUT2D eigenvalue weighted by Gasteiger charge is -2.23. The maximum absolute atomic E-state index is 12.7. The van der Waals surface area contributed by atoms with Crippen LogP contribution in [-0.4, -0.2) is 35.9 Å². The van der Waals surface area contributed by atoms with Gasteiger partial charge in [0.2, 0.25) is 0 Å². The number of thiazole rings is 1. The van der Waals surface area contributed by atoms with Gasteiger partial charge >= 0.3 is 0 Å². The SMILES string of the molecule is Cc1cccc(Cl)c1NC(=O)c1cnc(Nc2cc(Br)cc(C(=O)NC3CCNCC3)c2)s1. The van der Waals surface area contributed by atoms with E-state index in [1.54, 1.807) is 18.2 Å². The number of rotatable bonds is 6. The van der Waals surface area contributed by atoms with Crippen LogP contribution < -0.4 is 21.3 Å². The summed E-state index contributed by atoms with van der Waals surface area (Å²) < 4.78 is 0.770. The molecule has 1 fully saturated rings. The predicted molar refractivity (Wildman–Crippen MR) is 137 cm³/mol. The van der Waals surface area contributed by atoms with E-state index in [0.29, 0.717) is 32.0 Å². The van der Waals surface area contributed by atoms with Crippen LogP contribution in [0, 0.1) is 6.92 Å². The molecule has 1 saturated heterocycles. The Balaban J connectivity index is 1.44. The Bertz CT molecular complexity index is 1160. The van der Waals surface area contributed by atoms with Crippen LogP contribution in [0.4, 0.5) is 16.5 Å². The highest BCUT2D eigenvalue weighted by Gasteiger charge is 2.18. The molecule has 7 nitrogen and oxygen atoms in total. The summed E-state index contributed by atoms with van der Waals surface area (Å²) in [7, 11) is 0. The van der Waals surface area contributed by atoms with Crippen LogP contribution in [0.5, 0.6) is 0 Å². The van der Waals surface area contributed by atoms with Gasteiger partial charge in [-0.3, -0.25) is 9.59 Å². The second kappa shape index (κ2) is 10.6. The minimum atomic E-state index is -0.284. The van der Waals surface area contributed by atoms with Crippen LogP contribution in [0.3, 0.4) is 0 Å². The third-order valence-electron chi connectivity index (χ3n) is 5.28. The van der Waals surface area contributed by atoms with Gasteiger partial charge in [0.05, 0.1) is 16.9 Å². The molecular weight excluding hydrogens is 526 g/mol. The van der Waals surface area contributed by atoms with Crippen LogP contribution in [0.1, 0.15) is 38.4 Å².